The van der Waals surface area contributed by atoms with Crippen LogP contribution >= 0.6 is 24.0 Å². The van der Waals surface area contributed by atoms with Crippen LogP contribution in [0.25, 0.3) is 0 Å². The van der Waals surface area contributed by atoms with Crippen LogP contribution in [0.15, 0.2) is 53.5 Å². The molecule has 2 aromatic carbocycles. The second-order valence-electron chi connectivity index (χ2n) is 7.25. The number of halogens is 1. The first-order valence-corrected chi connectivity index (χ1v) is 10.9. The maximum atomic E-state index is 12.4. The van der Waals surface area contributed by atoms with E-state index >= 15 is 0 Å². The normalized spacial score (nSPS) is 14.8. The van der Waals surface area contributed by atoms with Gasteiger partial charge in [-0.15, -0.1) is 24.0 Å². The molecule has 7 nitrogen and oxygen atoms in total. The van der Waals surface area contributed by atoms with E-state index in [1.807, 2.05) is 74.2 Å². The molecule has 174 valence electrons. The standard InChI is InChI=1S/C24H32N4O3.HI/c1-4-25-24(27-16-20-17-30-21-9-7-8-10-22(21)31-20)26-15-18-11-13-19(14-12-18)23(29)28(5-2)6-3;/h7-14,20H,4-6,15-17H2,1-3H3,(H2,25,26,27);1H. The van der Waals surface area contributed by atoms with Gasteiger partial charge in [0.05, 0.1) is 13.1 Å². The van der Waals surface area contributed by atoms with Crippen LogP contribution in [0.4, 0.5) is 0 Å². The highest BCUT2D eigenvalue weighted by Crippen LogP contribution is 2.30. The first-order chi connectivity index (χ1) is 15.1. The van der Waals surface area contributed by atoms with Crippen molar-refractivity contribution in [2.24, 2.45) is 4.99 Å². The van der Waals surface area contributed by atoms with E-state index in [1.165, 1.54) is 0 Å². The molecule has 1 unspecified atom stereocenters. The predicted molar refractivity (Wildman–Crippen MR) is 138 cm³/mol. The highest BCUT2D eigenvalue weighted by Gasteiger charge is 2.20. The monoisotopic (exact) mass is 552 g/mol. The highest BCUT2D eigenvalue weighted by atomic mass is 127. The number of nitrogens with one attached hydrogen (secondary N) is 2. The highest BCUT2D eigenvalue weighted by molar-refractivity contribution is 14.0. The molecule has 1 atom stereocenters. The van der Waals surface area contributed by atoms with Gasteiger partial charge in [0.15, 0.2) is 17.5 Å². The number of guanidine groups is 1. The molecular weight excluding hydrogens is 519 g/mol. The van der Waals surface area contributed by atoms with Crippen molar-refractivity contribution >= 4 is 35.8 Å². The Bertz CT molecular complexity index is 885. The zero-order valence-electron chi connectivity index (χ0n) is 19.0. The molecule has 8 heteroatoms. The Kier molecular flexibility index (Phi) is 10.6. The molecule has 1 aliphatic heterocycles. The van der Waals surface area contributed by atoms with Gasteiger partial charge in [-0.25, -0.2) is 4.99 Å². The molecule has 0 spiro atoms. The fourth-order valence-electron chi connectivity index (χ4n) is 3.33. The molecule has 0 aromatic heterocycles. The number of rotatable bonds is 8. The molecule has 1 amide bonds. The van der Waals surface area contributed by atoms with Crippen LogP contribution in [-0.4, -0.2) is 55.7 Å². The molecule has 0 aliphatic carbocycles. The Balaban J connectivity index is 0.00000363. The first-order valence-electron chi connectivity index (χ1n) is 10.9. The van der Waals surface area contributed by atoms with Crippen LogP contribution in [0.3, 0.4) is 0 Å². The van der Waals surface area contributed by atoms with Crippen molar-refractivity contribution in [2.75, 3.05) is 32.8 Å². The van der Waals surface area contributed by atoms with Gasteiger partial charge in [0.2, 0.25) is 0 Å². The zero-order chi connectivity index (χ0) is 22.1. The summed E-state index contributed by atoms with van der Waals surface area (Å²) >= 11 is 0. The molecular formula is C24H33IN4O3. The molecule has 32 heavy (non-hydrogen) atoms. The molecule has 2 aromatic rings. The molecule has 0 fully saturated rings. The minimum atomic E-state index is -0.0934. The van der Waals surface area contributed by atoms with Crippen molar-refractivity contribution in [1.82, 2.24) is 15.5 Å². The summed E-state index contributed by atoms with van der Waals surface area (Å²) in [5, 5.41) is 6.58. The third-order valence-electron chi connectivity index (χ3n) is 5.08. The van der Waals surface area contributed by atoms with E-state index in [0.717, 1.165) is 23.6 Å². The Labute approximate surface area is 207 Å². The summed E-state index contributed by atoms with van der Waals surface area (Å²) in [7, 11) is 0. The number of carbonyl (C=O) groups excluding carboxylic acids is 1. The van der Waals surface area contributed by atoms with Gasteiger partial charge in [0.1, 0.15) is 12.7 Å². The number of para-hydroxylation sites is 2. The number of carbonyl (C=O) groups is 1. The summed E-state index contributed by atoms with van der Waals surface area (Å²) in [5.41, 5.74) is 1.75. The van der Waals surface area contributed by atoms with Gasteiger partial charge in [0.25, 0.3) is 5.91 Å². The van der Waals surface area contributed by atoms with Gasteiger partial charge in [-0.1, -0.05) is 24.3 Å². The number of ether oxygens (including phenoxy) is 2. The molecule has 0 radical (unpaired) electrons. The van der Waals surface area contributed by atoms with E-state index in [1.54, 1.807) is 0 Å². The van der Waals surface area contributed by atoms with Gasteiger partial charge in [-0.3, -0.25) is 4.79 Å². The van der Waals surface area contributed by atoms with E-state index in [4.69, 9.17) is 9.47 Å². The Morgan fingerprint density at radius 1 is 1.03 bits per heavy atom. The lowest BCUT2D eigenvalue weighted by molar-refractivity contribution is 0.0773. The topological polar surface area (TPSA) is 75.2 Å². The van der Waals surface area contributed by atoms with E-state index in [2.05, 4.69) is 15.6 Å². The number of hydrogen-bond donors (Lipinski definition) is 2. The predicted octanol–water partition coefficient (Wildman–Crippen LogP) is 3.68. The average Bonchev–Trinajstić information content (AvgIpc) is 2.81. The van der Waals surface area contributed by atoms with Crippen LogP contribution in [0.2, 0.25) is 0 Å². The van der Waals surface area contributed by atoms with Gasteiger partial charge in [-0.05, 0) is 50.6 Å². The summed E-state index contributed by atoms with van der Waals surface area (Å²) in [6, 6.07) is 15.3. The molecule has 0 saturated carbocycles. The lowest BCUT2D eigenvalue weighted by atomic mass is 10.1. The number of benzene rings is 2. The second kappa shape index (κ2) is 13.1. The van der Waals surface area contributed by atoms with Crippen molar-refractivity contribution in [3.8, 4) is 11.5 Å². The summed E-state index contributed by atoms with van der Waals surface area (Å²) < 4.78 is 11.8. The van der Waals surface area contributed by atoms with Crippen LogP contribution in [0.5, 0.6) is 11.5 Å². The maximum absolute atomic E-state index is 12.4. The van der Waals surface area contributed by atoms with Crippen molar-refractivity contribution in [3.63, 3.8) is 0 Å². The molecule has 0 saturated heterocycles. The number of hydrogen-bond acceptors (Lipinski definition) is 4. The number of fused-ring (bicyclic) bond motifs is 1. The zero-order valence-corrected chi connectivity index (χ0v) is 21.3. The Morgan fingerprint density at radius 3 is 2.38 bits per heavy atom. The van der Waals surface area contributed by atoms with Crippen molar-refractivity contribution < 1.29 is 14.3 Å². The Hall–Kier alpha value is -2.49. The van der Waals surface area contributed by atoms with Gasteiger partial charge in [-0.2, -0.15) is 0 Å². The number of aliphatic imine (C=N–C) groups is 1. The molecule has 1 heterocycles. The molecule has 0 bridgehead atoms. The van der Waals surface area contributed by atoms with Crippen LogP contribution < -0.4 is 20.1 Å². The maximum Gasteiger partial charge on any atom is 0.253 e. The summed E-state index contributed by atoms with van der Waals surface area (Å²) in [6.07, 6.45) is -0.0934. The van der Waals surface area contributed by atoms with Crippen LogP contribution in [-0.2, 0) is 6.54 Å². The van der Waals surface area contributed by atoms with Crippen molar-refractivity contribution in [3.05, 3.63) is 59.7 Å². The minimum Gasteiger partial charge on any atom is -0.486 e. The third-order valence-corrected chi connectivity index (χ3v) is 5.08. The second-order valence-corrected chi connectivity index (χ2v) is 7.25. The smallest absolute Gasteiger partial charge is 0.253 e. The number of nitrogens with zero attached hydrogens (tertiary/aromatic N) is 2. The van der Waals surface area contributed by atoms with Crippen molar-refractivity contribution in [1.29, 1.82) is 0 Å². The fraction of sp³-hybridized carbons (Fsp3) is 0.417. The molecule has 3 rings (SSSR count). The number of amides is 1. The summed E-state index contributed by atoms with van der Waals surface area (Å²) in [6.45, 7) is 9.77. The first kappa shape index (κ1) is 25.8. The third kappa shape index (κ3) is 7.01. The van der Waals surface area contributed by atoms with Crippen LogP contribution in [0, 0.1) is 0 Å². The molecule has 2 N–H and O–H groups in total. The van der Waals surface area contributed by atoms with Gasteiger partial charge in [0, 0.05) is 25.2 Å². The van der Waals surface area contributed by atoms with E-state index in [-0.39, 0.29) is 36.0 Å². The van der Waals surface area contributed by atoms with E-state index < -0.39 is 0 Å². The van der Waals surface area contributed by atoms with E-state index in [9.17, 15) is 4.79 Å². The van der Waals surface area contributed by atoms with E-state index in [0.29, 0.717) is 44.3 Å². The van der Waals surface area contributed by atoms with Gasteiger partial charge >= 0.3 is 0 Å². The lowest BCUT2D eigenvalue weighted by Gasteiger charge is -2.27. The van der Waals surface area contributed by atoms with Crippen molar-refractivity contribution in [2.45, 2.75) is 33.4 Å². The summed E-state index contributed by atoms with van der Waals surface area (Å²) in [4.78, 5) is 18.9. The summed E-state index contributed by atoms with van der Waals surface area (Å²) in [5.74, 6) is 2.32. The fourth-order valence-corrected chi connectivity index (χ4v) is 3.33. The molecule has 1 aliphatic rings. The van der Waals surface area contributed by atoms with Crippen LogP contribution in [0.1, 0.15) is 36.7 Å². The largest absolute Gasteiger partial charge is 0.486 e. The minimum absolute atomic E-state index is 0. The van der Waals surface area contributed by atoms with Gasteiger partial charge < -0.3 is 25.0 Å². The lowest BCUT2D eigenvalue weighted by Crippen LogP contribution is -2.45. The quantitative estimate of drug-likeness (QED) is 0.297. The SMILES string of the molecule is CCNC(=NCc1ccc(C(=O)N(CC)CC)cc1)NCC1COc2ccccc2O1.I. The Morgan fingerprint density at radius 2 is 1.72 bits per heavy atom. The average molecular weight is 552 g/mol.